The number of guanidine groups is 1. The number of benzene rings is 1. The number of thiol groups is 1. The van der Waals surface area contributed by atoms with E-state index in [0.717, 1.165) is 0 Å². The number of nitrogens with zero attached hydrogens (tertiary/aromatic N) is 2. The summed E-state index contributed by atoms with van der Waals surface area (Å²) in [6.45, 7) is 1.71. The molecule has 1 aromatic rings. The molecule has 1 fully saturated rings. The maximum absolute atomic E-state index is 14.4. The monoisotopic (exact) mass is 1250 g/mol. The lowest BCUT2D eigenvalue weighted by atomic mass is 10.0. The van der Waals surface area contributed by atoms with Crippen molar-refractivity contribution in [3.8, 4) is 5.75 Å². The quantitative estimate of drug-likeness (QED) is 0.0125. The van der Waals surface area contributed by atoms with E-state index < -0.39 is 151 Å². The summed E-state index contributed by atoms with van der Waals surface area (Å²) in [7, 11) is 0. The fraction of sp³-hybridized carbons (Fsp3) is 0.648. The first-order chi connectivity index (χ1) is 41.3. The van der Waals surface area contributed by atoms with Crippen LogP contribution in [0.1, 0.15) is 103 Å². The van der Waals surface area contributed by atoms with Gasteiger partial charge in [-0.25, -0.2) is 0 Å². The highest BCUT2D eigenvalue weighted by atomic mass is 32.1. The third kappa shape index (κ3) is 29.4. The number of hydrogen-bond donors (Lipinski definition) is 19. The number of hydrogen-bond acceptors (Lipinski definition) is 19. The molecule has 0 saturated carbocycles. The number of carboxylic acids is 1. The van der Waals surface area contributed by atoms with Gasteiger partial charge in [-0.15, -0.1) is 0 Å². The van der Waals surface area contributed by atoms with Crippen molar-refractivity contribution in [1.82, 2.24) is 58.1 Å². The van der Waals surface area contributed by atoms with E-state index in [1.807, 2.05) is 0 Å². The van der Waals surface area contributed by atoms with Gasteiger partial charge in [0.2, 0.25) is 65.0 Å². The predicted molar refractivity (Wildman–Crippen MR) is 323 cm³/mol. The van der Waals surface area contributed by atoms with E-state index in [2.05, 4.69) is 70.8 Å². The second-order valence-electron chi connectivity index (χ2n) is 21.1. The van der Waals surface area contributed by atoms with Crippen LogP contribution >= 0.6 is 12.6 Å². The van der Waals surface area contributed by atoms with Crippen molar-refractivity contribution in [3.05, 3.63) is 29.8 Å². The van der Waals surface area contributed by atoms with E-state index in [0.29, 0.717) is 50.5 Å². The van der Waals surface area contributed by atoms with Gasteiger partial charge in [-0.05, 0) is 127 Å². The Kier molecular flexibility index (Phi) is 35.7. The Morgan fingerprint density at radius 1 is 0.586 bits per heavy atom. The molecule has 33 heteroatoms. The molecule has 0 radical (unpaired) electrons. The predicted octanol–water partition coefficient (Wildman–Crippen LogP) is -6.26. The van der Waals surface area contributed by atoms with Gasteiger partial charge >= 0.3 is 5.97 Å². The number of carboxylic acid groups (broad SMARTS) is 1. The minimum Gasteiger partial charge on any atom is -0.508 e. The third-order valence-electron chi connectivity index (χ3n) is 13.7. The van der Waals surface area contributed by atoms with Gasteiger partial charge < -0.3 is 103 Å². The normalized spacial score (nSPS) is 15.1. The molecule has 24 N–H and O–H groups in total. The van der Waals surface area contributed by atoms with Crippen LogP contribution < -0.4 is 87.6 Å². The van der Waals surface area contributed by atoms with Crippen molar-refractivity contribution in [1.29, 1.82) is 0 Å². The molecule has 1 heterocycles. The van der Waals surface area contributed by atoms with Crippen LogP contribution in [0.5, 0.6) is 5.75 Å². The first kappa shape index (κ1) is 75.2. The molecule has 11 amide bonds. The minimum absolute atomic E-state index is 0.0133. The average Bonchev–Trinajstić information content (AvgIpc) is 3.03. The molecule has 1 aliphatic heterocycles. The number of carbonyl (C=O) groups excluding carboxylic acids is 11. The first-order valence-electron chi connectivity index (χ1n) is 29.1. The number of phenols is 1. The van der Waals surface area contributed by atoms with Crippen LogP contribution in [0.15, 0.2) is 29.3 Å². The molecule has 32 nitrogen and oxygen atoms in total. The summed E-state index contributed by atoms with van der Waals surface area (Å²) in [5.74, 6) is -10.4. The number of likely N-dealkylation sites (tertiary alicyclic amines) is 1. The number of aliphatic imine (C=N–C) groups is 1. The summed E-state index contributed by atoms with van der Waals surface area (Å²) >= 11 is 3.98. The zero-order valence-corrected chi connectivity index (χ0v) is 50.5. The fourth-order valence-electron chi connectivity index (χ4n) is 8.87. The summed E-state index contributed by atoms with van der Waals surface area (Å²) in [5, 5.41) is 44.0. The number of nitrogens with two attached hydrogens (primary N) is 6. The summed E-state index contributed by atoms with van der Waals surface area (Å²) < 4.78 is 0. The van der Waals surface area contributed by atoms with Gasteiger partial charge in [0.1, 0.15) is 54.6 Å². The second-order valence-corrected chi connectivity index (χ2v) is 21.5. The number of unbranched alkanes of at least 4 members (excludes halogenated alkanes) is 3. The van der Waals surface area contributed by atoms with Gasteiger partial charge in [0.15, 0.2) is 5.96 Å². The maximum atomic E-state index is 14.4. The number of carbonyl (C=O) groups is 12. The van der Waals surface area contributed by atoms with E-state index >= 15 is 0 Å². The highest BCUT2D eigenvalue weighted by Crippen LogP contribution is 2.19. The number of aliphatic carboxylic acids is 1. The Morgan fingerprint density at radius 2 is 1.07 bits per heavy atom. The van der Waals surface area contributed by atoms with Crippen LogP contribution in [0.3, 0.4) is 0 Å². The topological polar surface area (TPSA) is 537 Å². The van der Waals surface area contributed by atoms with Crippen molar-refractivity contribution < 1.29 is 67.7 Å². The van der Waals surface area contributed by atoms with Crippen LogP contribution in [-0.2, 0) is 64.0 Å². The zero-order valence-electron chi connectivity index (χ0n) is 49.6. The van der Waals surface area contributed by atoms with Gasteiger partial charge in [0, 0.05) is 25.3 Å². The number of phenolic OH excluding ortho intramolecular Hbond substituents is 1. The van der Waals surface area contributed by atoms with E-state index in [1.165, 1.54) is 29.2 Å². The number of amides is 11. The Hall–Kier alpha value is -7.88. The van der Waals surface area contributed by atoms with E-state index in [-0.39, 0.29) is 95.1 Å². The van der Waals surface area contributed by atoms with Crippen molar-refractivity contribution in [3.63, 3.8) is 0 Å². The molecule has 0 spiro atoms. The Morgan fingerprint density at radius 3 is 1.56 bits per heavy atom. The molecule has 1 aromatic carbocycles. The lowest BCUT2D eigenvalue weighted by Gasteiger charge is -2.29. The minimum atomic E-state index is -1.37. The molecular formula is C54H92N18O14S. The van der Waals surface area contributed by atoms with Crippen molar-refractivity contribution in [2.75, 3.05) is 64.7 Å². The van der Waals surface area contributed by atoms with Gasteiger partial charge in [-0.1, -0.05) is 26.0 Å². The van der Waals surface area contributed by atoms with Gasteiger partial charge in [0.25, 0.3) is 0 Å². The lowest BCUT2D eigenvalue weighted by molar-refractivity contribution is -0.140. The number of rotatable bonds is 42. The van der Waals surface area contributed by atoms with Crippen LogP contribution in [0.4, 0.5) is 0 Å². The highest BCUT2D eigenvalue weighted by molar-refractivity contribution is 7.80. The van der Waals surface area contributed by atoms with E-state index in [9.17, 15) is 62.6 Å². The van der Waals surface area contributed by atoms with Crippen LogP contribution in [0.2, 0.25) is 0 Å². The standard InChI is InChI=1S/C54H92N18O14S/c1-31(2)45(53(86)64-26-41(74)62-29-44(77)78)71-51(84)37(13-5-8-22-57)68-50(83)38(14-9-23-61-54(59)60)69-48(81)35(11-3-6-20-55)67-49(82)36(12-4-7-21-56)70-52(85)40-15-10-24-72(40)43(76)28-65-47(80)39(25-32-16-18-33(73)19-17-32)66-42(75)27-63-46(79)34(58)30-87/h16-19,31,34-40,45,73,87H,3-15,20-30,55-58H2,1-2H3,(H,62,74)(H,63,79)(H,64,86)(H,65,80)(H,66,75)(H,67,82)(H,68,83)(H,69,81)(H,70,85)(H,71,84)(H,77,78)(H4,59,60,61)/t34-,35-,36-,37-,38-,39-,40-,45-/m0/s1. The molecule has 0 aliphatic carbocycles. The van der Waals surface area contributed by atoms with Gasteiger partial charge in [-0.3, -0.25) is 62.5 Å². The SMILES string of the molecule is CC(C)[C@H](NC(=O)[C@H](CCCCN)NC(=O)[C@H](CCCN=C(N)N)NC(=O)[C@H](CCCCN)NC(=O)[C@H](CCCCN)NC(=O)[C@@H]1CCCN1C(=O)CNC(=O)[C@H](Cc1ccc(O)cc1)NC(=O)CNC(=O)[C@@H](N)CS)C(=O)NCC(=O)NCC(=O)O. The molecule has 87 heavy (non-hydrogen) atoms. The molecule has 0 bridgehead atoms. The summed E-state index contributed by atoms with van der Waals surface area (Å²) in [6, 6.07) is -4.01. The Labute approximate surface area is 511 Å². The van der Waals surface area contributed by atoms with E-state index in [1.54, 1.807) is 13.8 Å². The molecule has 0 unspecified atom stereocenters. The zero-order chi connectivity index (χ0) is 65.0. The maximum Gasteiger partial charge on any atom is 0.322 e. The van der Waals surface area contributed by atoms with Gasteiger partial charge in [0.05, 0.1) is 25.7 Å². The fourth-order valence-corrected chi connectivity index (χ4v) is 9.04. The van der Waals surface area contributed by atoms with Crippen LogP contribution in [0.25, 0.3) is 0 Å². The highest BCUT2D eigenvalue weighted by Gasteiger charge is 2.38. The summed E-state index contributed by atoms with van der Waals surface area (Å²) in [6.07, 6.45) is 2.97. The largest absolute Gasteiger partial charge is 0.508 e. The molecule has 0 aromatic heterocycles. The smallest absolute Gasteiger partial charge is 0.322 e. The molecule has 488 valence electrons. The molecule has 2 rings (SSSR count). The average molecular weight is 1250 g/mol. The number of nitrogens with one attached hydrogen (secondary N) is 10. The van der Waals surface area contributed by atoms with Crippen LogP contribution in [0, 0.1) is 5.92 Å². The second kappa shape index (κ2) is 41.3. The molecular weight excluding hydrogens is 1160 g/mol. The molecule has 1 aliphatic rings. The first-order valence-corrected chi connectivity index (χ1v) is 29.7. The molecule has 1 saturated heterocycles. The Bertz CT molecular complexity index is 2470. The van der Waals surface area contributed by atoms with E-state index in [4.69, 9.17) is 39.5 Å². The number of aromatic hydroxyl groups is 1. The van der Waals surface area contributed by atoms with Crippen molar-refractivity contribution in [2.24, 2.45) is 45.3 Å². The third-order valence-corrected chi connectivity index (χ3v) is 14.1. The summed E-state index contributed by atoms with van der Waals surface area (Å²) in [5.41, 5.74) is 34.6. The Balaban J connectivity index is 2.37. The lowest BCUT2D eigenvalue weighted by Crippen LogP contribution is -2.60. The summed E-state index contributed by atoms with van der Waals surface area (Å²) in [4.78, 5) is 165. The molecule has 8 atom stereocenters. The van der Waals surface area contributed by atoms with Crippen LogP contribution in [-0.4, -0.2) is 205 Å². The van der Waals surface area contributed by atoms with Crippen molar-refractivity contribution in [2.45, 2.75) is 152 Å². The van der Waals surface area contributed by atoms with Crippen molar-refractivity contribution >= 4 is 89.5 Å². The van der Waals surface area contributed by atoms with Gasteiger partial charge in [-0.2, -0.15) is 12.6 Å².